The molecule has 0 amide bonds. The van der Waals surface area contributed by atoms with Crippen LogP contribution in [-0.4, -0.2) is 0 Å². The van der Waals surface area contributed by atoms with E-state index in [9.17, 15) is 0 Å². The number of fused-ring (bicyclic) bond motifs is 18. The molecule has 14 aromatic rings. The van der Waals surface area contributed by atoms with Gasteiger partial charge in [-0.15, -0.1) is 11.3 Å². The first kappa shape index (κ1) is 43.1. The van der Waals surface area contributed by atoms with Gasteiger partial charge in [0, 0.05) is 53.9 Å². The minimum absolute atomic E-state index is 1.06. The van der Waals surface area contributed by atoms with E-state index in [0.717, 1.165) is 50.8 Å². The van der Waals surface area contributed by atoms with Crippen LogP contribution in [0.25, 0.3) is 107 Å². The predicted octanol–water partition coefficient (Wildman–Crippen LogP) is 21.2. The Morgan fingerprint density at radius 2 is 0.707 bits per heavy atom. The van der Waals surface area contributed by atoms with E-state index < -0.39 is 0 Å². The predicted molar refractivity (Wildman–Crippen MR) is 324 cm³/mol. The lowest BCUT2D eigenvalue weighted by molar-refractivity contribution is 1.27. The largest absolute Gasteiger partial charge is 0.310 e. The summed E-state index contributed by atoms with van der Waals surface area (Å²) >= 11 is 1.88. The highest BCUT2D eigenvalue weighted by atomic mass is 32.1. The Balaban J connectivity index is 1.09. The van der Waals surface area contributed by atoms with Gasteiger partial charge >= 0.3 is 0 Å². The maximum absolute atomic E-state index is 2.50. The quantitative estimate of drug-likeness (QED) is 0.170. The van der Waals surface area contributed by atoms with Gasteiger partial charge in [0.05, 0.1) is 17.1 Å². The number of anilines is 6. The van der Waals surface area contributed by atoms with Crippen LogP contribution in [0, 0.1) is 0 Å². The van der Waals surface area contributed by atoms with Crippen molar-refractivity contribution < 1.29 is 0 Å². The fourth-order valence-electron chi connectivity index (χ4n) is 12.1. The van der Waals surface area contributed by atoms with Crippen molar-refractivity contribution in [1.29, 1.82) is 0 Å². The maximum Gasteiger partial charge on any atom is 0.0542 e. The first-order valence-corrected chi connectivity index (χ1v) is 26.6. The Morgan fingerprint density at radius 1 is 0.253 bits per heavy atom. The summed E-state index contributed by atoms with van der Waals surface area (Å²) in [6, 6.07) is 103. The van der Waals surface area contributed by atoms with E-state index in [-0.39, 0.29) is 0 Å². The highest BCUT2D eigenvalue weighted by Gasteiger charge is 2.28. The number of para-hydroxylation sites is 3. The molecule has 0 fully saturated rings. The standard InChI is InChI=1S/C72H46N2S/c1-3-21-47(22-4-1)51-25-15-18-36-68(51)73(50-40-42-70-66(44-50)59-33-14-12-31-57(59)61-34-16-19-37-69(61)74(70)48-23-5-2-6-24-48)49-39-41-60-56-30-10-9-28-54(56)52-26-7-8-27-53(52)55-29-11-13-32-58(55)64-45-67-62-35-17-20-38-71(62)75-72(67)46-65(64)63(60)43-49/h1-46H. The molecule has 0 N–H and O–H groups in total. The van der Waals surface area contributed by atoms with Crippen LogP contribution in [0.1, 0.15) is 0 Å². The van der Waals surface area contributed by atoms with E-state index >= 15 is 0 Å². The van der Waals surface area contributed by atoms with Crippen LogP contribution in [0.4, 0.5) is 34.1 Å². The first-order valence-electron chi connectivity index (χ1n) is 25.7. The molecular weight excluding hydrogens is 925 g/mol. The zero-order chi connectivity index (χ0) is 49.4. The average Bonchev–Trinajstić information content (AvgIpc) is 3.84. The highest BCUT2D eigenvalue weighted by Crippen LogP contribution is 2.53. The van der Waals surface area contributed by atoms with Crippen LogP contribution in [0.15, 0.2) is 279 Å². The molecule has 3 heteroatoms. The Hall–Kier alpha value is -9.54. The third-order valence-corrected chi connectivity index (χ3v) is 16.5. The van der Waals surface area contributed by atoms with Crippen LogP contribution >= 0.6 is 11.3 Å². The normalized spacial score (nSPS) is 12.0. The monoisotopic (exact) mass is 970 g/mol. The van der Waals surface area contributed by atoms with Crippen molar-refractivity contribution in [3.8, 4) is 33.4 Å². The maximum atomic E-state index is 2.50. The molecular formula is C72H46N2S. The van der Waals surface area contributed by atoms with Gasteiger partial charge in [-0.3, -0.25) is 0 Å². The van der Waals surface area contributed by atoms with E-state index in [4.69, 9.17) is 0 Å². The molecule has 0 unspecified atom stereocenters. The summed E-state index contributed by atoms with van der Waals surface area (Å²) in [6.07, 6.45) is 0. The molecule has 1 aromatic heterocycles. The lowest BCUT2D eigenvalue weighted by Crippen LogP contribution is -2.13. The number of benzene rings is 12. The second-order valence-electron chi connectivity index (χ2n) is 19.5. The molecule has 0 spiro atoms. The van der Waals surface area contributed by atoms with E-state index in [2.05, 4.69) is 289 Å². The number of nitrogens with zero attached hydrogens (tertiary/aromatic N) is 2. The molecule has 1 aliphatic heterocycles. The van der Waals surface area contributed by atoms with Gasteiger partial charge in [-0.05, 0) is 143 Å². The summed E-state index contributed by atoms with van der Waals surface area (Å²) in [4.78, 5) is 4.94. The Kier molecular flexibility index (Phi) is 10.1. The van der Waals surface area contributed by atoms with Crippen molar-refractivity contribution >= 4 is 119 Å². The van der Waals surface area contributed by atoms with Crippen molar-refractivity contribution in [2.24, 2.45) is 0 Å². The molecule has 15 rings (SSSR count). The zero-order valence-corrected chi connectivity index (χ0v) is 41.7. The number of rotatable bonds is 5. The van der Waals surface area contributed by atoms with Crippen LogP contribution in [0.3, 0.4) is 0 Å². The summed E-state index contributed by atoms with van der Waals surface area (Å²) in [5, 5.41) is 14.6. The first-order chi connectivity index (χ1) is 37.2. The van der Waals surface area contributed by atoms with E-state index in [1.807, 2.05) is 11.3 Å². The molecule has 2 nitrogen and oxygen atoms in total. The summed E-state index contributed by atoms with van der Waals surface area (Å²) in [7, 11) is 0. The van der Waals surface area contributed by atoms with Gasteiger partial charge in [0.25, 0.3) is 0 Å². The third-order valence-electron chi connectivity index (χ3n) is 15.4. The summed E-state index contributed by atoms with van der Waals surface area (Å²) in [5.41, 5.74) is 13.7. The lowest BCUT2D eigenvalue weighted by atomic mass is 9.93. The second kappa shape index (κ2) is 17.6. The van der Waals surface area contributed by atoms with Crippen LogP contribution in [0.5, 0.6) is 0 Å². The average molecular weight is 971 g/mol. The van der Waals surface area contributed by atoms with Crippen LogP contribution < -0.4 is 9.80 Å². The smallest absolute Gasteiger partial charge is 0.0542 e. The molecule has 0 saturated heterocycles. The Bertz CT molecular complexity index is 4670. The minimum Gasteiger partial charge on any atom is -0.310 e. The molecule has 75 heavy (non-hydrogen) atoms. The fraction of sp³-hybridized carbons (Fsp3) is 0. The summed E-state index contributed by atoms with van der Waals surface area (Å²) < 4.78 is 2.56. The van der Waals surface area contributed by atoms with Gasteiger partial charge in [-0.1, -0.05) is 206 Å². The van der Waals surface area contributed by atoms with Gasteiger partial charge in [-0.2, -0.15) is 0 Å². The van der Waals surface area contributed by atoms with Gasteiger partial charge in [-0.25, -0.2) is 0 Å². The molecule has 0 radical (unpaired) electrons. The zero-order valence-electron chi connectivity index (χ0n) is 40.9. The van der Waals surface area contributed by atoms with Crippen molar-refractivity contribution in [3.05, 3.63) is 279 Å². The van der Waals surface area contributed by atoms with Crippen molar-refractivity contribution in [2.75, 3.05) is 9.80 Å². The molecule has 350 valence electrons. The fourth-order valence-corrected chi connectivity index (χ4v) is 13.2. The minimum atomic E-state index is 1.06. The number of hydrogen-bond donors (Lipinski definition) is 0. The van der Waals surface area contributed by atoms with Crippen molar-refractivity contribution in [2.45, 2.75) is 0 Å². The molecule has 0 bridgehead atoms. The van der Waals surface area contributed by atoms with Gasteiger partial charge in [0.15, 0.2) is 0 Å². The van der Waals surface area contributed by atoms with E-state index in [1.165, 1.54) is 90.7 Å². The molecule has 0 saturated carbocycles. The van der Waals surface area contributed by atoms with E-state index in [1.54, 1.807) is 0 Å². The van der Waals surface area contributed by atoms with Gasteiger partial charge in [0.2, 0.25) is 0 Å². The summed E-state index contributed by atoms with van der Waals surface area (Å²) in [5.74, 6) is 0. The molecule has 0 aliphatic carbocycles. The van der Waals surface area contributed by atoms with Crippen molar-refractivity contribution in [3.63, 3.8) is 0 Å². The van der Waals surface area contributed by atoms with Crippen LogP contribution in [0.2, 0.25) is 0 Å². The van der Waals surface area contributed by atoms with Gasteiger partial charge < -0.3 is 9.80 Å². The third kappa shape index (κ3) is 7.01. The number of hydrogen-bond acceptors (Lipinski definition) is 3. The molecule has 13 aromatic carbocycles. The molecule has 0 atom stereocenters. The lowest BCUT2D eigenvalue weighted by Gasteiger charge is -2.31. The topological polar surface area (TPSA) is 6.48 Å². The molecule has 1 aliphatic rings. The van der Waals surface area contributed by atoms with Gasteiger partial charge in [0.1, 0.15) is 0 Å². The molecule has 2 heterocycles. The van der Waals surface area contributed by atoms with Crippen molar-refractivity contribution in [1.82, 2.24) is 0 Å². The second-order valence-corrected chi connectivity index (χ2v) is 20.6. The van der Waals surface area contributed by atoms with E-state index in [0.29, 0.717) is 0 Å². The Morgan fingerprint density at radius 3 is 1.39 bits per heavy atom. The van der Waals surface area contributed by atoms with Crippen LogP contribution in [-0.2, 0) is 0 Å². The highest BCUT2D eigenvalue weighted by molar-refractivity contribution is 7.25. The number of thiophene rings is 1. The summed E-state index contributed by atoms with van der Waals surface area (Å²) in [6.45, 7) is 0. The Labute approximate surface area is 439 Å². The SMILES string of the molecule is c1ccc(-c2ccccc2N(c2ccc3c(c2)-c2ccccc2-c2ccccc2N3c2ccccc2)c2ccc3c4ccccc4c4ccccc4c4ccccc4c4cc5c(cc4c3c2)sc2ccccc25)cc1.